The summed E-state index contributed by atoms with van der Waals surface area (Å²) in [6, 6.07) is 0. The Kier molecular flexibility index (Phi) is 12.9. The number of aliphatic hydroxyl groups is 1. The fraction of sp³-hybridized carbons (Fsp3) is 0.900. The van der Waals surface area contributed by atoms with E-state index in [4.69, 9.17) is 5.11 Å². The van der Waals surface area contributed by atoms with E-state index < -0.39 is 0 Å². The van der Waals surface area contributed by atoms with Gasteiger partial charge in [-0.05, 0) is 36.2 Å². The first-order chi connectivity index (χ1) is 9.95. The largest absolute Gasteiger partial charge is 0.516 e. The van der Waals surface area contributed by atoms with Crippen LogP contribution in [0.3, 0.4) is 0 Å². The van der Waals surface area contributed by atoms with E-state index in [-0.39, 0.29) is 0 Å². The molecule has 0 saturated carbocycles. The van der Waals surface area contributed by atoms with Crippen molar-refractivity contribution in [3.8, 4) is 0 Å². The molecular formula is C20H40O. The SMILES string of the molecule is CC(C)CCCC(C)CCCC(C)CCCC(C)C=CO. The van der Waals surface area contributed by atoms with Gasteiger partial charge in [0, 0.05) is 0 Å². The van der Waals surface area contributed by atoms with Gasteiger partial charge in [-0.3, -0.25) is 0 Å². The zero-order chi connectivity index (χ0) is 16.1. The van der Waals surface area contributed by atoms with Gasteiger partial charge < -0.3 is 5.11 Å². The Morgan fingerprint density at radius 3 is 1.52 bits per heavy atom. The third-order valence-corrected chi connectivity index (χ3v) is 4.64. The van der Waals surface area contributed by atoms with Crippen molar-refractivity contribution in [1.29, 1.82) is 0 Å². The van der Waals surface area contributed by atoms with Gasteiger partial charge in [0.2, 0.25) is 0 Å². The molecular weight excluding hydrogens is 256 g/mol. The number of allylic oxidation sites excluding steroid dienone is 1. The van der Waals surface area contributed by atoms with Crippen molar-refractivity contribution in [1.82, 2.24) is 0 Å². The molecule has 0 heterocycles. The molecule has 126 valence electrons. The van der Waals surface area contributed by atoms with Crippen LogP contribution in [-0.2, 0) is 0 Å². The molecule has 1 heteroatoms. The van der Waals surface area contributed by atoms with Crippen molar-refractivity contribution < 1.29 is 5.11 Å². The van der Waals surface area contributed by atoms with E-state index in [0.29, 0.717) is 5.92 Å². The molecule has 0 fully saturated rings. The minimum Gasteiger partial charge on any atom is -0.516 e. The highest BCUT2D eigenvalue weighted by Gasteiger charge is 2.07. The van der Waals surface area contributed by atoms with Crippen molar-refractivity contribution in [2.45, 2.75) is 92.4 Å². The molecule has 0 aliphatic heterocycles. The second-order valence-electron chi connectivity index (χ2n) is 7.72. The molecule has 0 spiro atoms. The number of rotatable bonds is 13. The van der Waals surface area contributed by atoms with Crippen LogP contribution < -0.4 is 0 Å². The maximum atomic E-state index is 8.72. The van der Waals surface area contributed by atoms with Crippen LogP contribution in [0.1, 0.15) is 92.4 Å². The first kappa shape index (κ1) is 20.5. The summed E-state index contributed by atoms with van der Waals surface area (Å²) in [6.45, 7) is 11.6. The topological polar surface area (TPSA) is 20.2 Å². The van der Waals surface area contributed by atoms with Gasteiger partial charge in [0.25, 0.3) is 0 Å². The van der Waals surface area contributed by atoms with Crippen molar-refractivity contribution >= 4 is 0 Å². The lowest BCUT2D eigenvalue weighted by Gasteiger charge is -2.15. The van der Waals surface area contributed by atoms with Crippen molar-refractivity contribution in [3.63, 3.8) is 0 Å². The predicted molar refractivity (Wildman–Crippen MR) is 95.7 cm³/mol. The highest BCUT2D eigenvalue weighted by molar-refractivity contribution is 4.78. The Bertz CT molecular complexity index is 244. The van der Waals surface area contributed by atoms with E-state index in [1.807, 2.05) is 6.08 Å². The second-order valence-corrected chi connectivity index (χ2v) is 7.72. The molecule has 0 radical (unpaired) electrons. The lowest BCUT2D eigenvalue weighted by Crippen LogP contribution is -2.01. The molecule has 3 atom stereocenters. The Labute approximate surface area is 134 Å². The first-order valence-corrected chi connectivity index (χ1v) is 9.26. The van der Waals surface area contributed by atoms with Gasteiger partial charge in [-0.15, -0.1) is 0 Å². The van der Waals surface area contributed by atoms with Gasteiger partial charge in [-0.25, -0.2) is 0 Å². The van der Waals surface area contributed by atoms with Gasteiger partial charge >= 0.3 is 0 Å². The van der Waals surface area contributed by atoms with Crippen LogP contribution in [0.5, 0.6) is 0 Å². The summed E-state index contributed by atoms with van der Waals surface area (Å²) in [6.07, 6.45) is 15.3. The highest BCUT2D eigenvalue weighted by atomic mass is 16.2. The van der Waals surface area contributed by atoms with Gasteiger partial charge in [-0.1, -0.05) is 86.0 Å². The number of aliphatic hydroxyl groups excluding tert-OH is 1. The molecule has 0 bridgehead atoms. The zero-order valence-electron chi connectivity index (χ0n) is 15.3. The van der Waals surface area contributed by atoms with Gasteiger partial charge in [0.15, 0.2) is 0 Å². The predicted octanol–water partition coefficient (Wildman–Crippen LogP) is 7.13. The van der Waals surface area contributed by atoms with Gasteiger partial charge in [0.1, 0.15) is 0 Å². The molecule has 0 aliphatic rings. The number of hydrogen-bond acceptors (Lipinski definition) is 1. The third-order valence-electron chi connectivity index (χ3n) is 4.64. The average Bonchev–Trinajstić information content (AvgIpc) is 2.38. The second kappa shape index (κ2) is 13.2. The van der Waals surface area contributed by atoms with E-state index in [1.165, 1.54) is 64.0 Å². The average molecular weight is 297 g/mol. The summed E-state index contributed by atoms with van der Waals surface area (Å²) < 4.78 is 0. The van der Waals surface area contributed by atoms with E-state index in [0.717, 1.165) is 17.8 Å². The number of hydrogen-bond donors (Lipinski definition) is 1. The minimum atomic E-state index is 0.517. The summed E-state index contributed by atoms with van der Waals surface area (Å²) in [5.74, 6) is 3.15. The fourth-order valence-corrected chi connectivity index (χ4v) is 3.01. The van der Waals surface area contributed by atoms with E-state index >= 15 is 0 Å². The first-order valence-electron chi connectivity index (χ1n) is 9.26. The van der Waals surface area contributed by atoms with Gasteiger partial charge in [-0.2, -0.15) is 0 Å². The molecule has 0 amide bonds. The summed E-state index contributed by atoms with van der Waals surface area (Å²) in [4.78, 5) is 0. The smallest absolute Gasteiger partial charge is 0.0754 e. The standard InChI is InChI=1S/C20H40O/c1-17(2)9-6-10-18(3)11-7-12-19(4)13-8-14-20(5)15-16-21/h15-21H,6-14H2,1-5H3. The summed E-state index contributed by atoms with van der Waals surface area (Å²) >= 11 is 0. The lowest BCUT2D eigenvalue weighted by atomic mass is 9.91. The Morgan fingerprint density at radius 2 is 1.10 bits per heavy atom. The van der Waals surface area contributed by atoms with Gasteiger partial charge in [0.05, 0.1) is 6.26 Å². The lowest BCUT2D eigenvalue weighted by molar-refractivity contribution is 0.382. The summed E-state index contributed by atoms with van der Waals surface area (Å²) in [5, 5.41) is 8.72. The Hall–Kier alpha value is -0.460. The quantitative estimate of drug-likeness (QED) is 0.358. The maximum absolute atomic E-state index is 8.72. The van der Waals surface area contributed by atoms with Crippen LogP contribution in [0.25, 0.3) is 0 Å². The summed E-state index contributed by atoms with van der Waals surface area (Å²) in [5.41, 5.74) is 0. The van der Waals surface area contributed by atoms with Crippen LogP contribution in [0, 0.1) is 23.7 Å². The highest BCUT2D eigenvalue weighted by Crippen LogP contribution is 2.22. The monoisotopic (exact) mass is 296 g/mol. The molecule has 0 rings (SSSR count). The molecule has 0 saturated heterocycles. The van der Waals surface area contributed by atoms with E-state index in [2.05, 4.69) is 34.6 Å². The summed E-state index contributed by atoms with van der Waals surface area (Å²) in [7, 11) is 0. The van der Waals surface area contributed by atoms with E-state index in [1.54, 1.807) is 0 Å². The van der Waals surface area contributed by atoms with Crippen molar-refractivity contribution in [2.75, 3.05) is 0 Å². The normalized spacial score (nSPS) is 16.5. The fourth-order valence-electron chi connectivity index (χ4n) is 3.01. The van der Waals surface area contributed by atoms with Crippen LogP contribution in [0.4, 0.5) is 0 Å². The minimum absolute atomic E-state index is 0.517. The van der Waals surface area contributed by atoms with Crippen LogP contribution in [-0.4, -0.2) is 5.11 Å². The molecule has 0 aromatic carbocycles. The molecule has 1 nitrogen and oxygen atoms in total. The molecule has 21 heavy (non-hydrogen) atoms. The van der Waals surface area contributed by atoms with Crippen molar-refractivity contribution in [3.05, 3.63) is 12.3 Å². The van der Waals surface area contributed by atoms with Crippen molar-refractivity contribution in [2.24, 2.45) is 23.7 Å². The molecule has 1 N–H and O–H groups in total. The molecule has 0 aliphatic carbocycles. The molecule has 0 aromatic heterocycles. The van der Waals surface area contributed by atoms with Crippen LogP contribution >= 0.6 is 0 Å². The Balaban J connectivity index is 3.49. The molecule has 3 unspecified atom stereocenters. The van der Waals surface area contributed by atoms with E-state index in [9.17, 15) is 0 Å². The third kappa shape index (κ3) is 14.2. The zero-order valence-corrected chi connectivity index (χ0v) is 15.3. The van der Waals surface area contributed by atoms with Crippen LogP contribution in [0.2, 0.25) is 0 Å². The van der Waals surface area contributed by atoms with Crippen LogP contribution in [0.15, 0.2) is 12.3 Å². The maximum Gasteiger partial charge on any atom is 0.0754 e. The molecule has 0 aromatic rings. The Morgan fingerprint density at radius 1 is 0.667 bits per heavy atom.